The summed E-state index contributed by atoms with van der Waals surface area (Å²) in [5, 5.41) is 36.3. The number of thiazole rings is 1. The van der Waals surface area contributed by atoms with Crippen molar-refractivity contribution in [2.24, 2.45) is 0 Å². The van der Waals surface area contributed by atoms with Gasteiger partial charge in [-0.05, 0) is 29.3 Å². The summed E-state index contributed by atoms with van der Waals surface area (Å²) in [5.74, 6) is -1.45. The summed E-state index contributed by atoms with van der Waals surface area (Å²) in [6, 6.07) is 11.2. The third kappa shape index (κ3) is 5.46. The first-order chi connectivity index (χ1) is 18.9. The molecule has 0 radical (unpaired) electrons. The molecule has 1 aliphatic heterocycles. The first-order valence-electron chi connectivity index (χ1n) is 11.8. The van der Waals surface area contributed by atoms with Crippen molar-refractivity contribution >= 4 is 39.9 Å². The number of carbonyl (C=O) groups is 2. The number of halogens is 1. The number of rotatable bonds is 8. The van der Waals surface area contributed by atoms with E-state index in [1.54, 1.807) is 6.92 Å². The Morgan fingerprint density at radius 1 is 1.36 bits per heavy atom. The standard InChI is InChI=1S/C24H22ClN9O4S/c1-12-17(25)14(9-26)18(27-12)22(35)28-15-7-8-34(10-16(15)38-11-13-5-3-2-4-6-13)24-29-19(20(39-24)23(36)37)21-30-32-33-31-21/h2-6,15-16,27H,7-8,10-11H2,1H3,(H,28,35)(H,36,37)(H,30,31,32,33)/t15-,16+/m1/s1. The molecule has 5 rings (SSSR count). The molecule has 39 heavy (non-hydrogen) atoms. The number of carboxylic acids is 1. The van der Waals surface area contributed by atoms with Gasteiger partial charge in [0.05, 0.1) is 23.8 Å². The maximum Gasteiger partial charge on any atom is 0.348 e. The smallest absolute Gasteiger partial charge is 0.348 e. The van der Waals surface area contributed by atoms with Crippen molar-refractivity contribution in [1.29, 1.82) is 5.26 Å². The molecule has 2 atom stereocenters. The van der Waals surface area contributed by atoms with E-state index < -0.39 is 24.0 Å². The van der Waals surface area contributed by atoms with Gasteiger partial charge in [-0.2, -0.15) is 5.26 Å². The van der Waals surface area contributed by atoms with Gasteiger partial charge in [0.25, 0.3) is 5.91 Å². The number of tetrazole rings is 1. The van der Waals surface area contributed by atoms with Crippen LogP contribution in [0, 0.1) is 18.3 Å². The second-order valence-electron chi connectivity index (χ2n) is 8.80. The average Bonchev–Trinajstić information content (AvgIpc) is 3.68. The Balaban J connectivity index is 1.39. The fourth-order valence-electron chi connectivity index (χ4n) is 4.33. The number of aromatic nitrogens is 6. The Hall–Kier alpha value is -4.32. The molecule has 1 aliphatic rings. The number of piperidine rings is 1. The second-order valence-corrected chi connectivity index (χ2v) is 10.2. The molecular formula is C24H22ClN9O4S. The number of hydrogen-bond donors (Lipinski definition) is 4. The molecule has 1 aromatic carbocycles. The molecule has 4 heterocycles. The summed E-state index contributed by atoms with van der Waals surface area (Å²) < 4.78 is 6.28. The maximum atomic E-state index is 13.2. The Morgan fingerprint density at radius 3 is 2.85 bits per heavy atom. The number of aryl methyl sites for hydroxylation is 1. The highest BCUT2D eigenvalue weighted by atomic mass is 35.5. The molecule has 0 unspecified atom stereocenters. The molecule has 0 aliphatic carbocycles. The zero-order valence-corrected chi connectivity index (χ0v) is 22.1. The number of nitriles is 1. The van der Waals surface area contributed by atoms with E-state index in [0.29, 0.717) is 36.9 Å². The Bertz CT molecular complexity index is 1530. The molecule has 4 N–H and O–H groups in total. The fourth-order valence-corrected chi connectivity index (χ4v) is 5.45. The van der Waals surface area contributed by atoms with E-state index in [-0.39, 0.29) is 32.7 Å². The van der Waals surface area contributed by atoms with Crippen LogP contribution in [0.3, 0.4) is 0 Å². The minimum Gasteiger partial charge on any atom is -0.477 e. The summed E-state index contributed by atoms with van der Waals surface area (Å²) in [6.07, 6.45) is -0.00523. The van der Waals surface area contributed by atoms with Crippen molar-refractivity contribution in [3.05, 3.63) is 62.7 Å². The van der Waals surface area contributed by atoms with E-state index >= 15 is 0 Å². The molecule has 0 spiro atoms. The molecule has 1 saturated heterocycles. The van der Waals surface area contributed by atoms with Crippen molar-refractivity contribution in [2.75, 3.05) is 18.0 Å². The number of aromatic carboxylic acids is 1. The predicted molar refractivity (Wildman–Crippen MR) is 141 cm³/mol. The fraction of sp³-hybridized carbons (Fsp3) is 0.292. The van der Waals surface area contributed by atoms with Crippen LogP contribution in [0.1, 0.15) is 43.4 Å². The molecule has 200 valence electrons. The average molecular weight is 568 g/mol. The number of hydrogen-bond acceptors (Lipinski definition) is 10. The van der Waals surface area contributed by atoms with Crippen molar-refractivity contribution in [2.45, 2.75) is 32.1 Å². The van der Waals surface area contributed by atoms with E-state index in [4.69, 9.17) is 16.3 Å². The van der Waals surface area contributed by atoms with Crippen LogP contribution in [0.2, 0.25) is 5.02 Å². The van der Waals surface area contributed by atoms with Gasteiger partial charge >= 0.3 is 5.97 Å². The number of nitrogens with zero attached hydrogens (tertiary/aromatic N) is 6. The van der Waals surface area contributed by atoms with Crippen molar-refractivity contribution in [3.8, 4) is 17.6 Å². The predicted octanol–water partition coefficient (Wildman–Crippen LogP) is 2.78. The number of nitrogens with one attached hydrogen (secondary N) is 3. The van der Waals surface area contributed by atoms with Crippen LogP contribution >= 0.6 is 22.9 Å². The third-order valence-corrected chi connectivity index (χ3v) is 7.86. The highest BCUT2D eigenvalue weighted by Gasteiger charge is 2.35. The molecule has 3 aromatic heterocycles. The number of aromatic amines is 2. The lowest BCUT2D eigenvalue weighted by Gasteiger charge is -2.38. The van der Waals surface area contributed by atoms with Gasteiger partial charge in [0.15, 0.2) is 11.0 Å². The number of carboxylic acid groups (broad SMARTS) is 1. The minimum atomic E-state index is -1.14. The van der Waals surface area contributed by atoms with Gasteiger partial charge in [0.2, 0.25) is 0 Å². The largest absolute Gasteiger partial charge is 0.477 e. The quantitative estimate of drug-likeness (QED) is 0.246. The van der Waals surface area contributed by atoms with Gasteiger partial charge in [-0.3, -0.25) is 4.79 Å². The Morgan fingerprint density at radius 2 is 2.15 bits per heavy atom. The summed E-state index contributed by atoms with van der Waals surface area (Å²) in [5.41, 5.74) is 1.82. The molecule has 15 heteroatoms. The topological polar surface area (TPSA) is 186 Å². The summed E-state index contributed by atoms with van der Waals surface area (Å²) >= 11 is 7.19. The van der Waals surface area contributed by atoms with Gasteiger partial charge < -0.3 is 25.0 Å². The lowest BCUT2D eigenvalue weighted by Crippen LogP contribution is -2.55. The van der Waals surface area contributed by atoms with Crippen LogP contribution < -0.4 is 10.2 Å². The van der Waals surface area contributed by atoms with Crippen LogP contribution in [-0.4, -0.2) is 72.8 Å². The van der Waals surface area contributed by atoms with Crippen LogP contribution in [0.5, 0.6) is 0 Å². The maximum absolute atomic E-state index is 13.2. The first kappa shape index (κ1) is 26.3. The third-order valence-electron chi connectivity index (χ3n) is 6.28. The molecule has 0 bridgehead atoms. The number of ether oxygens (including phenoxy) is 1. The Labute approximate surface area is 230 Å². The van der Waals surface area contributed by atoms with Crippen molar-refractivity contribution < 1.29 is 19.4 Å². The summed E-state index contributed by atoms with van der Waals surface area (Å²) in [7, 11) is 0. The van der Waals surface area contributed by atoms with Crippen molar-refractivity contribution in [1.82, 2.24) is 35.9 Å². The molecule has 0 saturated carbocycles. The molecular weight excluding hydrogens is 546 g/mol. The van der Waals surface area contributed by atoms with E-state index in [0.717, 1.165) is 16.9 Å². The number of anilines is 1. The van der Waals surface area contributed by atoms with E-state index in [1.165, 1.54) is 0 Å². The lowest BCUT2D eigenvalue weighted by atomic mass is 10.0. The molecule has 4 aromatic rings. The summed E-state index contributed by atoms with van der Waals surface area (Å²) in [4.78, 5) is 34.4. The number of amides is 1. The highest BCUT2D eigenvalue weighted by molar-refractivity contribution is 7.17. The van der Waals surface area contributed by atoms with E-state index in [2.05, 4.69) is 35.9 Å². The van der Waals surface area contributed by atoms with Crippen LogP contribution in [-0.2, 0) is 11.3 Å². The van der Waals surface area contributed by atoms with Gasteiger partial charge in [0.1, 0.15) is 27.9 Å². The van der Waals surface area contributed by atoms with Crippen LogP contribution in [0.25, 0.3) is 11.5 Å². The molecule has 1 amide bonds. The zero-order chi connectivity index (χ0) is 27.5. The van der Waals surface area contributed by atoms with E-state index in [9.17, 15) is 20.0 Å². The number of carbonyl (C=O) groups excluding carboxylic acids is 1. The highest BCUT2D eigenvalue weighted by Crippen LogP contribution is 2.33. The minimum absolute atomic E-state index is 0.00348. The molecule has 1 fully saturated rings. The first-order valence-corrected chi connectivity index (χ1v) is 13.0. The summed E-state index contributed by atoms with van der Waals surface area (Å²) in [6.45, 7) is 2.78. The number of H-pyrrole nitrogens is 2. The van der Waals surface area contributed by atoms with Crippen molar-refractivity contribution in [3.63, 3.8) is 0 Å². The van der Waals surface area contributed by atoms with Gasteiger partial charge in [-0.25, -0.2) is 14.9 Å². The van der Waals surface area contributed by atoms with Crippen LogP contribution in [0.4, 0.5) is 5.13 Å². The molecule has 13 nitrogen and oxygen atoms in total. The lowest BCUT2D eigenvalue weighted by molar-refractivity contribution is 0.00967. The zero-order valence-electron chi connectivity index (χ0n) is 20.5. The van der Waals surface area contributed by atoms with Gasteiger partial charge in [-0.1, -0.05) is 53.3 Å². The second kappa shape index (κ2) is 11.2. The van der Waals surface area contributed by atoms with E-state index in [1.807, 2.05) is 41.3 Å². The number of benzene rings is 1. The van der Waals surface area contributed by atoms with Gasteiger partial charge in [0, 0.05) is 18.8 Å². The Kier molecular flexibility index (Phi) is 7.55. The van der Waals surface area contributed by atoms with Gasteiger partial charge in [-0.15, -0.1) is 5.10 Å². The SMILES string of the molecule is Cc1[nH]c(C(=O)N[C@@H]2CCN(c3nc(-c4nnn[nH]4)c(C(=O)O)s3)C[C@@H]2OCc2ccccc2)c(C#N)c1Cl. The monoisotopic (exact) mass is 567 g/mol. The normalized spacial score (nSPS) is 17.1. The van der Waals surface area contributed by atoms with Crippen LogP contribution in [0.15, 0.2) is 30.3 Å².